The van der Waals surface area contributed by atoms with Gasteiger partial charge in [-0.1, -0.05) is 6.92 Å². The molecular weight excluding hydrogens is 222 g/mol. The Bertz CT molecular complexity index is 272. The molecule has 14 heavy (non-hydrogen) atoms. The molecule has 0 aliphatic carbocycles. The van der Waals surface area contributed by atoms with Gasteiger partial charge in [0.05, 0.1) is 5.75 Å². The molecule has 0 aromatic carbocycles. The number of hydrogen-bond acceptors (Lipinski definition) is 4. The van der Waals surface area contributed by atoms with Crippen LogP contribution < -0.4 is 5.73 Å². The summed E-state index contributed by atoms with van der Waals surface area (Å²) in [5.74, 6) is 1.17. The molecule has 0 bridgehead atoms. The van der Waals surface area contributed by atoms with Gasteiger partial charge in [0.15, 0.2) is 0 Å². The topological polar surface area (TPSA) is 77.2 Å². The molecule has 0 heterocycles. The van der Waals surface area contributed by atoms with E-state index in [2.05, 4.69) is 0 Å². The zero-order chi connectivity index (χ0) is 11.2. The normalized spacial score (nSPS) is 16.5. The number of hydrogen-bond donors (Lipinski definition) is 1. The van der Waals surface area contributed by atoms with E-state index in [0.29, 0.717) is 17.9 Å². The summed E-state index contributed by atoms with van der Waals surface area (Å²) in [5, 5.41) is 0. The van der Waals surface area contributed by atoms with Gasteiger partial charge in [-0.2, -0.15) is 0 Å². The molecule has 0 aromatic rings. The molecule has 0 aliphatic heterocycles. The molecule has 0 amide bonds. The highest BCUT2D eigenvalue weighted by Gasteiger charge is 2.09. The van der Waals surface area contributed by atoms with Crippen molar-refractivity contribution in [2.45, 2.75) is 26.3 Å². The van der Waals surface area contributed by atoms with Gasteiger partial charge < -0.3 is 5.73 Å². The Kier molecular flexibility index (Phi) is 6.55. The molecule has 0 saturated carbocycles. The standard InChI is InChI=1S/C8H19NO3S2/c1-3-14(11,12)6-4-5-13(10)7-8(2)9/h8H,3-7,9H2,1-2H3. The Hall–Kier alpha value is 0.0600. The highest BCUT2D eigenvalue weighted by molar-refractivity contribution is 7.91. The zero-order valence-electron chi connectivity index (χ0n) is 8.73. The van der Waals surface area contributed by atoms with Crippen LogP contribution in [0, 0.1) is 0 Å². The largest absolute Gasteiger partial charge is 0.327 e. The van der Waals surface area contributed by atoms with Gasteiger partial charge in [0.1, 0.15) is 9.84 Å². The van der Waals surface area contributed by atoms with Crippen molar-refractivity contribution >= 4 is 20.6 Å². The van der Waals surface area contributed by atoms with Crippen molar-refractivity contribution in [1.29, 1.82) is 0 Å². The SMILES string of the molecule is CCS(=O)(=O)CCCS(=O)CC(C)N. The summed E-state index contributed by atoms with van der Waals surface area (Å²) in [6.07, 6.45) is 0.468. The van der Waals surface area contributed by atoms with Crippen LogP contribution in [0.4, 0.5) is 0 Å². The molecule has 0 saturated heterocycles. The molecular formula is C8H19NO3S2. The van der Waals surface area contributed by atoms with E-state index in [1.54, 1.807) is 13.8 Å². The Balaban J connectivity index is 3.70. The lowest BCUT2D eigenvalue weighted by atomic mass is 10.4. The van der Waals surface area contributed by atoms with E-state index in [1.165, 1.54) is 0 Å². The molecule has 0 spiro atoms. The first-order valence-corrected chi connectivity index (χ1v) is 7.99. The predicted molar refractivity (Wildman–Crippen MR) is 60.5 cm³/mol. The lowest BCUT2D eigenvalue weighted by Crippen LogP contribution is -2.24. The molecule has 0 radical (unpaired) electrons. The minimum absolute atomic E-state index is 0.0846. The fraction of sp³-hybridized carbons (Fsp3) is 1.00. The summed E-state index contributed by atoms with van der Waals surface area (Å²) in [6.45, 7) is 3.41. The molecule has 2 N–H and O–H groups in total. The fourth-order valence-corrected chi connectivity index (χ4v) is 3.24. The summed E-state index contributed by atoms with van der Waals surface area (Å²) in [7, 11) is -3.89. The Morgan fingerprint density at radius 2 is 2.00 bits per heavy atom. The quantitative estimate of drug-likeness (QED) is 0.675. The monoisotopic (exact) mass is 241 g/mol. The van der Waals surface area contributed by atoms with E-state index in [4.69, 9.17) is 5.73 Å². The molecule has 2 unspecified atom stereocenters. The first kappa shape index (κ1) is 14.1. The third kappa shape index (κ3) is 7.46. The van der Waals surface area contributed by atoms with Crippen LogP contribution >= 0.6 is 0 Å². The second kappa shape index (κ2) is 6.53. The lowest BCUT2D eigenvalue weighted by Gasteiger charge is -2.05. The molecule has 4 nitrogen and oxygen atoms in total. The molecule has 0 rings (SSSR count). The maximum atomic E-state index is 11.3. The van der Waals surface area contributed by atoms with E-state index < -0.39 is 20.6 Å². The summed E-state index contributed by atoms with van der Waals surface area (Å²) in [4.78, 5) is 0. The van der Waals surface area contributed by atoms with Gasteiger partial charge in [0.25, 0.3) is 0 Å². The van der Waals surface area contributed by atoms with E-state index in [0.717, 1.165) is 0 Å². The van der Waals surface area contributed by atoms with E-state index in [-0.39, 0.29) is 17.5 Å². The lowest BCUT2D eigenvalue weighted by molar-refractivity contribution is 0.596. The zero-order valence-corrected chi connectivity index (χ0v) is 10.4. The van der Waals surface area contributed by atoms with Crippen LogP contribution in [-0.2, 0) is 20.6 Å². The van der Waals surface area contributed by atoms with Crippen LogP contribution in [0.2, 0.25) is 0 Å². The van der Waals surface area contributed by atoms with Gasteiger partial charge in [-0.15, -0.1) is 0 Å². The second-order valence-corrected chi connectivity index (χ2v) is 7.47. The van der Waals surface area contributed by atoms with Crippen molar-refractivity contribution in [2.75, 3.05) is 23.0 Å². The van der Waals surface area contributed by atoms with Gasteiger partial charge in [0.2, 0.25) is 0 Å². The average molecular weight is 241 g/mol. The van der Waals surface area contributed by atoms with Crippen molar-refractivity contribution in [2.24, 2.45) is 5.73 Å². The van der Waals surface area contributed by atoms with Crippen LogP contribution in [-0.4, -0.2) is 41.7 Å². The molecule has 0 aromatic heterocycles. The number of nitrogens with two attached hydrogens (primary N) is 1. The minimum Gasteiger partial charge on any atom is -0.327 e. The maximum absolute atomic E-state index is 11.3. The van der Waals surface area contributed by atoms with Crippen LogP contribution in [0.15, 0.2) is 0 Å². The average Bonchev–Trinajstić information content (AvgIpc) is 2.02. The third-order valence-electron chi connectivity index (χ3n) is 1.72. The van der Waals surface area contributed by atoms with Crippen LogP contribution in [0.5, 0.6) is 0 Å². The number of sulfone groups is 1. The second-order valence-electron chi connectivity index (χ2n) is 3.38. The highest BCUT2D eigenvalue weighted by Crippen LogP contribution is 1.96. The van der Waals surface area contributed by atoms with Gasteiger partial charge in [0, 0.05) is 34.1 Å². The molecule has 86 valence electrons. The van der Waals surface area contributed by atoms with Crippen molar-refractivity contribution in [3.63, 3.8) is 0 Å². The summed E-state index contributed by atoms with van der Waals surface area (Å²) in [6, 6.07) is -0.0846. The van der Waals surface area contributed by atoms with Crippen LogP contribution in [0.3, 0.4) is 0 Å². The maximum Gasteiger partial charge on any atom is 0.150 e. The Morgan fingerprint density at radius 3 is 2.43 bits per heavy atom. The van der Waals surface area contributed by atoms with Crippen molar-refractivity contribution in [1.82, 2.24) is 0 Å². The van der Waals surface area contributed by atoms with Crippen molar-refractivity contribution < 1.29 is 12.6 Å². The minimum atomic E-state index is -2.91. The summed E-state index contributed by atoms with van der Waals surface area (Å²) in [5.41, 5.74) is 5.47. The number of rotatable bonds is 7. The summed E-state index contributed by atoms with van der Waals surface area (Å²) < 4.78 is 33.4. The first-order valence-electron chi connectivity index (χ1n) is 4.68. The predicted octanol–water partition coefficient (Wildman–Crippen LogP) is -0.0929. The van der Waals surface area contributed by atoms with Crippen molar-refractivity contribution in [3.05, 3.63) is 0 Å². The van der Waals surface area contributed by atoms with Crippen LogP contribution in [0.25, 0.3) is 0 Å². The molecule has 6 heteroatoms. The van der Waals surface area contributed by atoms with E-state index in [9.17, 15) is 12.6 Å². The van der Waals surface area contributed by atoms with Crippen LogP contribution in [0.1, 0.15) is 20.3 Å². The van der Waals surface area contributed by atoms with E-state index in [1.807, 2.05) is 0 Å². The third-order valence-corrected chi connectivity index (χ3v) is 5.15. The Morgan fingerprint density at radius 1 is 1.43 bits per heavy atom. The van der Waals surface area contributed by atoms with Gasteiger partial charge >= 0.3 is 0 Å². The first-order chi connectivity index (χ1) is 6.37. The molecule has 2 atom stereocenters. The van der Waals surface area contributed by atoms with Gasteiger partial charge in [-0.05, 0) is 13.3 Å². The van der Waals surface area contributed by atoms with E-state index >= 15 is 0 Å². The van der Waals surface area contributed by atoms with Gasteiger partial charge in [-0.25, -0.2) is 8.42 Å². The van der Waals surface area contributed by atoms with Crippen molar-refractivity contribution in [3.8, 4) is 0 Å². The molecule has 0 aliphatic rings. The summed E-state index contributed by atoms with van der Waals surface area (Å²) >= 11 is 0. The fourth-order valence-electron chi connectivity index (χ4n) is 0.961. The van der Waals surface area contributed by atoms with Gasteiger partial charge in [-0.3, -0.25) is 4.21 Å². The highest BCUT2D eigenvalue weighted by atomic mass is 32.2. The molecule has 0 fully saturated rings. The smallest absolute Gasteiger partial charge is 0.150 e. The Labute approximate surface area is 88.6 Å².